The number of rotatable bonds is 5. The lowest BCUT2D eigenvalue weighted by atomic mass is 10.1. The molecule has 110 valence electrons. The summed E-state index contributed by atoms with van der Waals surface area (Å²) in [5.74, 6) is -2.20. The highest BCUT2D eigenvalue weighted by Gasteiger charge is 2.19. The Hall–Kier alpha value is -2.23. The molecule has 0 amide bonds. The Morgan fingerprint density at radius 1 is 1.10 bits per heavy atom. The van der Waals surface area contributed by atoms with E-state index in [1.807, 2.05) is 38.1 Å². The Bertz CT molecular complexity index is 635. The molecule has 0 aliphatic heterocycles. The van der Waals surface area contributed by atoms with Crippen LogP contribution in [0.5, 0.6) is 0 Å². The first-order valence-corrected chi connectivity index (χ1v) is 6.81. The topological polar surface area (TPSA) is 20.3 Å². The SMILES string of the molecule is CCN(CC(=O)c1c(F)cccc1F)c1cccc(C)c1. The molecular weight excluding hydrogens is 272 g/mol. The number of likely N-dealkylation sites (N-methyl/N-ethyl adjacent to an activating group) is 1. The van der Waals surface area contributed by atoms with E-state index in [1.54, 1.807) is 4.90 Å². The van der Waals surface area contributed by atoms with Gasteiger partial charge in [-0.25, -0.2) is 8.78 Å². The van der Waals surface area contributed by atoms with E-state index >= 15 is 0 Å². The van der Waals surface area contributed by atoms with Crippen molar-refractivity contribution in [3.05, 3.63) is 65.2 Å². The van der Waals surface area contributed by atoms with E-state index < -0.39 is 23.0 Å². The van der Waals surface area contributed by atoms with Gasteiger partial charge >= 0.3 is 0 Å². The van der Waals surface area contributed by atoms with Crippen LogP contribution in [0, 0.1) is 18.6 Å². The molecule has 0 saturated carbocycles. The molecule has 0 N–H and O–H groups in total. The number of benzene rings is 2. The maximum atomic E-state index is 13.6. The van der Waals surface area contributed by atoms with Crippen LogP contribution >= 0.6 is 0 Å². The highest BCUT2D eigenvalue weighted by atomic mass is 19.1. The molecule has 0 aliphatic carbocycles. The van der Waals surface area contributed by atoms with Crippen molar-refractivity contribution in [1.82, 2.24) is 0 Å². The summed E-state index contributed by atoms with van der Waals surface area (Å²) in [5, 5.41) is 0. The molecule has 0 bridgehead atoms. The maximum Gasteiger partial charge on any atom is 0.187 e. The van der Waals surface area contributed by atoms with Crippen molar-refractivity contribution in [2.75, 3.05) is 18.0 Å². The average molecular weight is 289 g/mol. The summed E-state index contributed by atoms with van der Waals surface area (Å²) in [6.07, 6.45) is 0. The Labute approximate surface area is 123 Å². The van der Waals surface area contributed by atoms with E-state index in [1.165, 1.54) is 6.07 Å². The fourth-order valence-electron chi connectivity index (χ4n) is 2.23. The molecule has 2 rings (SSSR count). The Morgan fingerprint density at radius 3 is 2.29 bits per heavy atom. The highest BCUT2D eigenvalue weighted by molar-refractivity contribution is 5.99. The van der Waals surface area contributed by atoms with Gasteiger partial charge in [0, 0.05) is 12.2 Å². The van der Waals surface area contributed by atoms with Crippen molar-refractivity contribution < 1.29 is 13.6 Å². The van der Waals surface area contributed by atoms with Crippen molar-refractivity contribution in [1.29, 1.82) is 0 Å². The largest absolute Gasteiger partial charge is 0.364 e. The minimum Gasteiger partial charge on any atom is -0.364 e. The van der Waals surface area contributed by atoms with Gasteiger partial charge in [0.1, 0.15) is 11.6 Å². The summed E-state index contributed by atoms with van der Waals surface area (Å²) >= 11 is 0. The highest BCUT2D eigenvalue weighted by Crippen LogP contribution is 2.18. The minimum atomic E-state index is -0.819. The van der Waals surface area contributed by atoms with Crippen LogP contribution < -0.4 is 4.90 Å². The molecule has 21 heavy (non-hydrogen) atoms. The maximum absolute atomic E-state index is 13.6. The van der Waals surface area contributed by atoms with Crippen molar-refractivity contribution in [3.63, 3.8) is 0 Å². The van der Waals surface area contributed by atoms with Crippen LogP contribution in [-0.2, 0) is 0 Å². The number of hydrogen-bond donors (Lipinski definition) is 0. The van der Waals surface area contributed by atoms with Crippen molar-refractivity contribution in [2.45, 2.75) is 13.8 Å². The number of carbonyl (C=O) groups is 1. The van der Waals surface area contributed by atoms with E-state index in [4.69, 9.17) is 0 Å². The summed E-state index contributed by atoms with van der Waals surface area (Å²) in [6, 6.07) is 11.1. The molecule has 0 aromatic heterocycles. The first-order chi connectivity index (χ1) is 10.0. The smallest absolute Gasteiger partial charge is 0.187 e. The predicted molar refractivity (Wildman–Crippen MR) is 79.8 cm³/mol. The van der Waals surface area contributed by atoms with Crippen molar-refractivity contribution in [3.8, 4) is 0 Å². The Morgan fingerprint density at radius 2 is 1.71 bits per heavy atom. The Balaban J connectivity index is 2.25. The van der Waals surface area contributed by atoms with Crippen LogP contribution in [0.15, 0.2) is 42.5 Å². The summed E-state index contributed by atoms with van der Waals surface area (Å²) in [5.41, 5.74) is 1.46. The second-order valence-corrected chi connectivity index (χ2v) is 4.87. The second kappa shape index (κ2) is 6.48. The van der Waals surface area contributed by atoms with Crippen molar-refractivity contribution in [2.24, 2.45) is 0 Å². The molecule has 2 aromatic rings. The number of halogens is 2. The van der Waals surface area contributed by atoms with Crippen LogP contribution in [0.25, 0.3) is 0 Å². The standard InChI is InChI=1S/C17H17F2NO/c1-3-20(13-7-4-6-12(2)10-13)11-16(21)17-14(18)8-5-9-15(17)19/h4-10H,3,11H2,1-2H3. The fraction of sp³-hybridized carbons (Fsp3) is 0.235. The molecule has 0 aliphatic rings. The molecule has 0 spiro atoms. The van der Waals surface area contributed by atoms with Crippen LogP contribution in [0.2, 0.25) is 0 Å². The first-order valence-electron chi connectivity index (χ1n) is 6.81. The first kappa shape index (κ1) is 15.2. The number of ketones is 1. The molecule has 4 heteroatoms. The fourth-order valence-corrected chi connectivity index (χ4v) is 2.23. The van der Waals surface area contributed by atoms with E-state index in [-0.39, 0.29) is 6.54 Å². The molecule has 2 aromatic carbocycles. The molecule has 0 fully saturated rings. The molecule has 0 atom stereocenters. The average Bonchev–Trinajstić information content (AvgIpc) is 2.44. The van der Waals surface area contributed by atoms with Gasteiger partial charge in [0.15, 0.2) is 5.78 Å². The molecule has 2 nitrogen and oxygen atoms in total. The summed E-state index contributed by atoms with van der Waals surface area (Å²) in [4.78, 5) is 14.0. The van der Waals surface area contributed by atoms with Crippen LogP contribution in [-0.4, -0.2) is 18.9 Å². The number of aryl methyl sites for hydroxylation is 1. The number of hydrogen-bond acceptors (Lipinski definition) is 2. The number of anilines is 1. The lowest BCUT2D eigenvalue weighted by molar-refractivity contribution is 0.0991. The third-order valence-corrected chi connectivity index (χ3v) is 3.32. The zero-order valence-electron chi connectivity index (χ0n) is 12.1. The lowest BCUT2D eigenvalue weighted by Crippen LogP contribution is -2.30. The minimum absolute atomic E-state index is 0.0577. The normalized spacial score (nSPS) is 10.5. The van der Waals surface area contributed by atoms with E-state index in [9.17, 15) is 13.6 Å². The number of nitrogens with zero attached hydrogens (tertiary/aromatic N) is 1. The quantitative estimate of drug-likeness (QED) is 0.776. The summed E-state index contributed by atoms with van der Waals surface area (Å²) < 4.78 is 27.3. The lowest BCUT2D eigenvalue weighted by Gasteiger charge is -2.23. The van der Waals surface area contributed by atoms with Crippen LogP contribution in [0.4, 0.5) is 14.5 Å². The summed E-state index contributed by atoms with van der Waals surface area (Å²) in [7, 11) is 0. The monoisotopic (exact) mass is 289 g/mol. The van der Waals surface area contributed by atoms with Crippen LogP contribution in [0.1, 0.15) is 22.8 Å². The second-order valence-electron chi connectivity index (χ2n) is 4.87. The summed E-state index contributed by atoms with van der Waals surface area (Å²) in [6.45, 7) is 4.37. The van der Waals surface area contributed by atoms with Gasteiger partial charge in [-0.1, -0.05) is 18.2 Å². The van der Waals surface area contributed by atoms with E-state index in [0.717, 1.165) is 23.4 Å². The van der Waals surface area contributed by atoms with Gasteiger partial charge in [0.25, 0.3) is 0 Å². The number of carbonyl (C=O) groups excluding carboxylic acids is 1. The zero-order valence-corrected chi connectivity index (χ0v) is 12.1. The molecule has 0 saturated heterocycles. The van der Waals surface area contributed by atoms with Gasteiger partial charge in [-0.05, 0) is 43.7 Å². The van der Waals surface area contributed by atoms with Gasteiger partial charge in [-0.2, -0.15) is 0 Å². The number of Topliss-reactive ketones (excluding diaryl/α,β-unsaturated/α-hetero) is 1. The third kappa shape index (κ3) is 3.45. The van der Waals surface area contributed by atoms with Gasteiger partial charge in [0.2, 0.25) is 0 Å². The zero-order chi connectivity index (χ0) is 15.4. The molecule has 0 unspecified atom stereocenters. The molecular formula is C17H17F2NO. The van der Waals surface area contributed by atoms with Gasteiger partial charge in [-0.15, -0.1) is 0 Å². The Kier molecular flexibility index (Phi) is 4.68. The molecule has 0 radical (unpaired) electrons. The van der Waals surface area contributed by atoms with Gasteiger partial charge in [-0.3, -0.25) is 4.79 Å². The van der Waals surface area contributed by atoms with E-state index in [0.29, 0.717) is 6.54 Å². The predicted octanol–water partition coefficient (Wildman–Crippen LogP) is 3.98. The molecule has 0 heterocycles. The van der Waals surface area contributed by atoms with Gasteiger partial charge in [0.05, 0.1) is 12.1 Å². The van der Waals surface area contributed by atoms with Crippen molar-refractivity contribution >= 4 is 11.5 Å². The third-order valence-electron chi connectivity index (χ3n) is 3.32. The van der Waals surface area contributed by atoms with E-state index in [2.05, 4.69) is 0 Å². The van der Waals surface area contributed by atoms with Crippen LogP contribution in [0.3, 0.4) is 0 Å². The van der Waals surface area contributed by atoms with Gasteiger partial charge < -0.3 is 4.90 Å².